The number of hydrogen-bond acceptors (Lipinski definition) is 4. The molecule has 1 fully saturated rings. The van der Waals surface area contributed by atoms with Gasteiger partial charge in [0, 0.05) is 51.7 Å². The normalized spacial score (nSPS) is 16.0. The molecule has 1 saturated heterocycles. The van der Waals surface area contributed by atoms with Crippen LogP contribution in [0.5, 0.6) is 0 Å². The Labute approximate surface area is 251 Å². The molecule has 1 aliphatic rings. The Balaban J connectivity index is 1.29. The third-order valence-corrected chi connectivity index (χ3v) is 8.23. The zero-order chi connectivity index (χ0) is 29.5. The Bertz CT molecular complexity index is 1510. The monoisotopic (exact) mass is 588 g/mol. The highest BCUT2D eigenvalue weighted by molar-refractivity contribution is 6.34. The quantitative estimate of drug-likeness (QED) is 0.199. The number of imidazole rings is 1. The minimum atomic E-state index is -1.13. The van der Waals surface area contributed by atoms with Gasteiger partial charge in [-0.25, -0.2) is 9.78 Å². The molecule has 1 aromatic heterocycles. The topological polar surface area (TPSA) is 96.7 Å². The van der Waals surface area contributed by atoms with Gasteiger partial charge in [-0.05, 0) is 54.5 Å². The molecule has 9 heteroatoms. The lowest BCUT2D eigenvalue weighted by Crippen LogP contribution is -2.44. The summed E-state index contributed by atoms with van der Waals surface area (Å²) in [5.41, 5.74) is 4.94. The number of fused-ring (bicyclic) bond motifs is 1. The summed E-state index contributed by atoms with van der Waals surface area (Å²) in [7, 11) is 1.70. The van der Waals surface area contributed by atoms with Gasteiger partial charge in [-0.2, -0.15) is 0 Å². The van der Waals surface area contributed by atoms with E-state index in [4.69, 9.17) is 21.3 Å². The van der Waals surface area contributed by atoms with Gasteiger partial charge < -0.3 is 24.6 Å². The Morgan fingerprint density at radius 1 is 1.07 bits per heavy atom. The van der Waals surface area contributed by atoms with Crippen molar-refractivity contribution in [3.05, 3.63) is 89.2 Å². The van der Waals surface area contributed by atoms with Crippen LogP contribution in [0.3, 0.4) is 0 Å². The average Bonchev–Trinajstić information content (AvgIpc) is 3.38. The van der Waals surface area contributed by atoms with Crippen molar-refractivity contribution in [3.8, 4) is 11.1 Å². The van der Waals surface area contributed by atoms with Gasteiger partial charge in [-0.1, -0.05) is 72.3 Å². The van der Waals surface area contributed by atoms with Crippen molar-refractivity contribution in [1.29, 1.82) is 0 Å². The van der Waals surface area contributed by atoms with Crippen LogP contribution in [0.25, 0.3) is 22.2 Å². The lowest BCUT2D eigenvalue weighted by atomic mass is 9.95. The van der Waals surface area contributed by atoms with E-state index < -0.39 is 12.1 Å². The maximum atomic E-state index is 13.5. The summed E-state index contributed by atoms with van der Waals surface area (Å²) in [5.74, 6) is 0.940. The number of halogens is 1. The smallest absolute Gasteiger partial charge is 0.404 e. The van der Waals surface area contributed by atoms with Crippen LogP contribution in [0.15, 0.2) is 72.8 Å². The Kier molecular flexibility index (Phi) is 9.77. The standard InChI is InChI=1S/C33H37ClN4O4/c1-42-19-7-18-38-29-12-5-11-28(34)31(29)36-32(38)26-10-6-17-37(22-26)30(39)21-27(35-33(40)41)20-23-13-15-25(16-14-23)24-8-3-2-4-9-24/h2-5,8-9,11-16,26-27,35H,6-7,10,17-22H2,1H3,(H,40,41)/t26-,27-/m1/s1. The van der Waals surface area contributed by atoms with E-state index in [0.717, 1.165) is 59.4 Å². The van der Waals surface area contributed by atoms with Gasteiger partial charge in [-0.15, -0.1) is 0 Å². The lowest BCUT2D eigenvalue weighted by Gasteiger charge is -2.33. The number of aryl methyl sites for hydroxylation is 1. The molecule has 3 aromatic carbocycles. The Morgan fingerprint density at radius 2 is 1.83 bits per heavy atom. The van der Waals surface area contributed by atoms with E-state index in [9.17, 15) is 14.7 Å². The predicted octanol–water partition coefficient (Wildman–Crippen LogP) is 6.37. The summed E-state index contributed by atoms with van der Waals surface area (Å²) in [6.07, 6.45) is 1.99. The first-order valence-electron chi connectivity index (χ1n) is 14.5. The summed E-state index contributed by atoms with van der Waals surface area (Å²) in [4.78, 5) is 32.0. The van der Waals surface area contributed by atoms with Gasteiger partial charge in [0.2, 0.25) is 5.91 Å². The predicted molar refractivity (Wildman–Crippen MR) is 165 cm³/mol. The molecule has 0 radical (unpaired) electrons. The number of amides is 2. The van der Waals surface area contributed by atoms with E-state index in [1.165, 1.54) is 0 Å². The second-order valence-corrected chi connectivity index (χ2v) is 11.3. The van der Waals surface area contributed by atoms with E-state index in [-0.39, 0.29) is 18.2 Å². The number of nitrogens with zero attached hydrogens (tertiary/aromatic N) is 3. The Hall–Kier alpha value is -3.88. The van der Waals surface area contributed by atoms with Crippen LogP contribution < -0.4 is 5.32 Å². The minimum Gasteiger partial charge on any atom is -0.465 e. The molecule has 0 aliphatic carbocycles. The first-order chi connectivity index (χ1) is 20.4. The third-order valence-electron chi connectivity index (χ3n) is 7.92. The highest BCUT2D eigenvalue weighted by Gasteiger charge is 2.30. The molecule has 0 bridgehead atoms. The van der Waals surface area contributed by atoms with Crippen LogP contribution in [-0.4, -0.2) is 64.4 Å². The number of rotatable bonds is 11. The number of piperidine rings is 1. The molecule has 220 valence electrons. The SMILES string of the molecule is COCCCn1c([C@@H]2CCCN(C(=O)C[C@@H](Cc3ccc(-c4ccccc4)cc3)NC(=O)O)C2)nc2c(Cl)cccc21. The van der Waals surface area contributed by atoms with Gasteiger partial charge in [0.15, 0.2) is 0 Å². The van der Waals surface area contributed by atoms with Crippen molar-refractivity contribution in [2.24, 2.45) is 0 Å². The number of benzene rings is 3. The fourth-order valence-corrected chi connectivity index (χ4v) is 6.11. The maximum Gasteiger partial charge on any atom is 0.404 e. The second kappa shape index (κ2) is 13.9. The number of para-hydroxylation sites is 1. The highest BCUT2D eigenvalue weighted by Crippen LogP contribution is 2.32. The van der Waals surface area contributed by atoms with Crippen LogP contribution in [0, 0.1) is 0 Å². The van der Waals surface area contributed by atoms with E-state index in [2.05, 4.69) is 22.0 Å². The summed E-state index contributed by atoms with van der Waals surface area (Å²) in [5, 5.41) is 12.7. The first-order valence-corrected chi connectivity index (χ1v) is 14.9. The lowest BCUT2D eigenvalue weighted by molar-refractivity contribution is -0.132. The highest BCUT2D eigenvalue weighted by atomic mass is 35.5. The largest absolute Gasteiger partial charge is 0.465 e. The maximum absolute atomic E-state index is 13.5. The number of carboxylic acid groups (broad SMARTS) is 1. The van der Waals surface area contributed by atoms with Gasteiger partial charge in [0.1, 0.15) is 11.3 Å². The van der Waals surface area contributed by atoms with Crippen LogP contribution in [0.1, 0.15) is 43.0 Å². The summed E-state index contributed by atoms with van der Waals surface area (Å²) in [6, 6.07) is 23.4. The summed E-state index contributed by atoms with van der Waals surface area (Å²) in [6.45, 7) is 2.57. The van der Waals surface area contributed by atoms with Crippen molar-refractivity contribution in [2.75, 3.05) is 26.8 Å². The molecule has 42 heavy (non-hydrogen) atoms. The fourth-order valence-electron chi connectivity index (χ4n) is 5.90. The second-order valence-electron chi connectivity index (χ2n) is 10.9. The third kappa shape index (κ3) is 7.12. The van der Waals surface area contributed by atoms with Crippen molar-refractivity contribution in [1.82, 2.24) is 19.8 Å². The zero-order valence-electron chi connectivity index (χ0n) is 23.8. The molecule has 0 unspecified atom stereocenters. The molecular weight excluding hydrogens is 552 g/mol. The molecule has 4 aromatic rings. The summed E-state index contributed by atoms with van der Waals surface area (Å²) >= 11 is 6.51. The van der Waals surface area contributed by atoms with Crippen LogP contribution >= 0.6 is 11.6 Å². The van der Waals surface area contributed by atoms with Gasteiger partial charge in [0.25, 0.3) is 0 Å². The van der Waals surface area contributed by atoms with Crippen molar-refractivity contribution in [2.45, 2.75) is 50.6 Å². The van der Waals surface area contributed by atoms with Crippen LogP contribution in [0.4, 0.5) is 4.79 Å². The number of hydrogen-bond donors (Lipinski definition) is 2. The van der Waals surface area contributed by atoms with Crippen LogP contribution in [0.2, 0.25) is 5.02 Å². The summed E-state index contributed by atoms with van der Waals surface area (Å²) < 4.78 is 7.50. The molecule has 5 rings (SSSR count). The molecule has 2 heterocycles. The molecule has 0 saturated carbocycles. The number of aromatic nitrogens is 2. The molecule has 8 nitrogen and oxygen atoms in total. The van der Waals surface area contributed by atoms with E-state index in [0.29, 0.717) is 31.1 Å². The van der Waals surface area contributed by atoms with Crippen LogP contribution in [-0.2, 0) is 22.5 Å². The molecule has 0 spiro atoms. The Morgan fingerprint density at radius 3 is 2.57 bits per heavy atom. The van der Waals surface area contributed by atoms with E-state index >= 15 is 0 Å². The number of likely N-dealkylation sites (tertiary alicyclic amines) is 1. The minimum absolute atomic E-state index is 0.0561. The van der Waals surface area contributed by atoms with Gasteiger partial charge in [-0.3, -0.25) is 4.79 Å². The van der Waals surface area contributed by atoms with Gasteiger partial charge >= 0.3 is 6.09 Å². The number of ether oxygens (including phenoxy) is 1. The van der Waals surface area contributed by atoms with Crippen molar-refractivity contribution < 1.29 is 19.4 Å². The number of carbonyl (C=O) groups excluding carboxylic acids is 1. The molecule has 2 N–H and O–H groups in total. The molecule has 2 atom stereocenters. The number of nitrogens with one attached hydrogen (secondary N) is 1. The van der Waals surface area contributed by atoms with E-state index in [1.807, 2.05) is 65.6 Å². The van der Waals surface area contributed by atoms with Crippen molar-refractivity contribution in [3.63, 3.8) is 0 Å². The first kappa shape index (κ1) is 29.6. The fraction of sp³-hybridized carbons (Fsp3) is 0.364. The number of carbonyl (C=O) groups is 2. The molecule has 1 aliphatic heterocycles. The zero-order valence-corrected chi connectivity index (χ0v) is 24.6. The van der Waals surface area contributed by atoms with Crippen molar-refractivity contribution >= 4 is 34.6 Å². The van der Waals surface area contributed by atoms with E-state index in [1.54, 1.807) is 7.11 Å². The average molecular weight is 589 g/mol. The van der Waals surface area contributed by atoms with Gasteiger partial charge in [0.05, 0.1) is 10.5 Å². The molecule has 2 amide bonds. The number of methoxy groups -OCH3 is 1. The molecular formula is C33H37ClN4O4.